The Morgan fingerprint density at radius 3 is 2.65 bits per heavy atom. The summed E-state index contributed by atoms with van der Waals surface area (Å²) >= 11 is 0. The first-order valence-electron chi connectivity index (χ1n) is 5.23. The highest BCUT2D eigenvalue weighted by Gasteiger charge is 2.03. The van der Waals surface area contributed by atoms with Crippen LogP contribution in [0.4, 0.5) is 0 Å². The maximum Gasteiger partial charge on any atom is 0.255 e. The summed E-state index contributed by atoms with van der Waals surface area (Å²) in [6, 6.07) is 6.50. The first-order chi connectivity index (χ1) is 8.20. The number of H-pyrrole nitrogens is 1. The minimum Gasteiger partial charge on any atom is -0.508 e. The van der Waals surface area contributed by atoms with Gasteiger partial charge in [-0.1, -0.05) is 0 Å². The van der Waals surface area contributed by atoms with E-state index in [0.29, 0.717) is 17.9 Å². The van der Waals surface area contributed by atoms with Gasteiger partial charge in [0.1, 0.15) is 11.6 Å². The van der Waals surface area contributed by atoms with Gasteiger partial charge in [0.15, 0.2) is 0 Å². The van der Waals surface area contributed by atoms with Crippen molar-refractivity contribution in [2.75, 3.05) is 7.05 Å². The Balaban J connectivity index is 2.37. The monoisotopic (exact) mass is 231 g/mol. The van der Waals surface area contributed by atoms with Crippen molar-refractivity contribution in [1.82, 2.24) is 15.3 Å². The molecule has 1 heterocycles. The first kappa shape index (κ1) is 11.3. The van der Waals surface area contributed by atoms with Gasteiger partial charge < -0.3 is 15.4 Å². The molecule has 0 fully saturated rings. The van der Waals surface area contributed by atoms with Gasteiger partial charge >= 0.3 is 0 Å². The second-order valence-corrected chi connectivity index (χ2v) is 3.66. The van der Waals surface area contributed by atoms with Crippen LogP contribution < -0.4 is 10.9 Å². The predicted octanol–water partition coefficient (Wildman–Crippen LogP) is 0.862. The average Bonchev–Trinajstić information content (AvgIpc) is 2.33. The number of aromatic amines is 1. The van der Waals surface area contributed by atoms with E-state index in [1.54, 1.807) is 37.5 Å². The van der Waals surface area contributed by atoms with Crippen LogP contribution in [0.3, 0.4) is 0 Å². The molecule has 0 unspecified atom stereocenters. The van der Waals surface area contributed by atoms with Crippen molar-refractivity contribution in [1.29, 1.82) is 0 Å². The van der Waals surface area contributed by atoms with E-state index in [-0.39, 0.29) is 11.3 Å². The molecule has 0 aliphatic heterocycles. The summed E-state index contributed by atoms with van der Waals surface area (Å²) in [6.07, 6.45) is 1.55. The number of benzene rings is 1. The molecule has 0 aliphatic rings. The van der Waals surface area contributed by atoms with Gasteiger partial charge in [0.25, 0.3) is 5.56 Å². The number of aromatic hydroxyl groups is 1. The molecule has 3 N–H and O–H groups in total. The lowest BCUT2D eigenvalue weighted by Crippen LogP contribution is -2.19. The van der Waals surface area contributed by atoms with E-state index in [9.17, 15) is 9.90 Å². The molecule has 1 aromatic heterocycles. The molecule has 88 valence electrons. The molecule has 17 heavy (non-hydrogen) atoms. The first-order valence-corrected chi connectivity index (χ1v) is 5.23. The molecule has 0 saturated heterocycles. The number of nitrogens with zero attached hydrogens (tertiary/aromatic N) is 1. The summed E-state index contributed by atoms with van der Waals surface area (Å²) in [5, 5.41) is 12.1. The van der Waals surface area contributed by atoms with E-state index in [1.807, 2.05) is 0 Å². The highest BCUT2D eigenvalue weighted by atomic mass is 16.3. The normalized spacial score (nSPS) is 10.4. The van der Waals surface area contributed by atoms with Gasteiger partial charge in [-0.3, -0.25) is 4.79 Å². The molecule has 1 aromatic carbocycles. The predicted molar refractivity (Wildman–Crippen MR) is 64.7 cm³/mol. The summed E-state index contributed by atoms with van der Waals surface area (Å²) in [7, 11) is 1.77. The van der Waals surface area contributed by atoms with E-state index in [2.05, 4.69) is 15.3 Å². The number of rotatable bonds is 3. The maximum absolute atomic E-state index is 11.7. The van der Waals surface area contributed by atoms with Gasteiger partial charge in [-0.2, -0.15) is 0 Å². The fourth-order valence-corrected chi connectivity index (χ4v) is 1.50. The second kappa shape index (κ2) is 4.80. The molecule has 2 aromatic rings. The zero-order chi connectivity index (χ0) is 12.3. The van der Waals surface area contributed by atoms with Gasteiger partial charge in [0.05, 0.1) is 0 Å². The number of phenolic OH excluding ortho intramolecular Hbond substituents is 1. The van der Waals surface area contributed by atoms with Crippen molar-refractivity contribution in [3.8, 4) is 17.1 Å². The van der Waals surface area contributed by atoms with E-state index in [1.165, 1.54) is 0 Å². The fourth-order valence-electron chi connectivity index (χ4n) is 1.50. The molecule has 2 rings (SSSR count). The van der Waals surface area contributed by atoms with Crippen LogP contribution in [0.15, 0.2) is 35.3 Å². The lowest BCUT2D eigenvalue weighted by molar-refractivity contribution is 0.475. The largest absolute Gasteiger partial charge is 0.508 e. The van der Waals surface area contributed by atoms with Crippen molar-refractivity contribution >= 4 is 0 Å². The standard InChI is InChI=1S/C12H13N3O2/c1-13-6-9-7-14-11(15-12(9)17)8-2-4-10(16)5-3-8/h2-5,7,13,16H,6H2,1H3,(H,14,15,17). The van der Waals surface area contributed by atoms with E-state index >= 15 is 0 Å². The Labute approximate surface area is 98.2 Å². The number of hydrogen-bond donors (Lipinski definition) is 3. The van der Waals surface area contributed by atoms with Gasteiger partial charge in [-0.25, -0.2) is 4.98 Å². The van der Waals surface area contributed by atoms with Crippen LogP contribution in [0.25, 0.3) is 11.4 Å². The SMILES string of the molecule is CNCc1cnc(-c2ccc(O)cc2)[nH]c1=O. The smallest absolute Gasteiger partial charge is 0.255 e. The fraction of sp³-hybridized carbons (Fsp3) is 0.167. The molecule has 0 aliphatic carbocycles. The van der Waals surface area contributed by atoms with Crippen LogP contribution in [0, 0.1) is 0 Å². The van der Waals surface area contributed by atoms with Crippen LogP contribution in [0.2, 0.25) is 0 Å². The number of aromatic nitrogens is 2. The quantitative estimate of drug-likeness (QED) is 0.732. The third kappa shape index (κ3) is 2.51. The molecular formula is C12H13N3O2. The minimum absolute atomic E-state index is 0.155. The number of nitrogens with one attached hydrogen (secondary N) is 2. The molecule has 5 nitrogen and oxygen atoms in total. The van der Waals surface area contributed by atoms with Gasteiger partial charge in [-0.05, 0) is 31.3 Å². The summed E-state index contributed by atoms with van der Waals surface area (Å²) in [6.45, 7) is 0.484. The summed E-state index contributed by atoms with van der Waals surface area (Å²) in [5.41, 5.74) is 1.20. The van der Waals surface area contributed by atoms with E-state index in [0.717, 1.165) is 5.56 Å². The minimum atomic E-state index is -0.155. The summed E-state index contributed by atoms with van der Waals surface area (Å²) in [5.74, 6) is 0.678. The number of phenols is 1. The second-order valence-electron chi connectivity index (χ2n) is 3.66. The molecule has 0 bridgehead atoms. The molecule has 0 atom stereocenters. The lowest BCUT2D eigenvalue weighted by Gasteiger charge is -2.03. The molecule has 5 heteroatoms. The topological polar surface area (TPSA) is 78.0 Å². The third-order valence-corrected chi connectivity index (χ3v) is 2.38. The highest BCUT2D eigenvalue weighted by Crippen LogP contribution is 2.16. The summed E-state index contributed by atoms with van der Waals surface area (Å²) < 4.78 is 0. The van der Waals surface area contributed by atoms with Crippen molar-refractivity contribution in [2.45, 2.75) is 6.54 Å². The molecule has 0 radical (unpaired) electrons. The van der Waals surface area contributed by atoms with Gasteiger partial charge in [-0.15, -0.1) is 0 Å². The maximum atomic E-state index is 11.7. The Morgan fingerprint density at radius 2 is 2.06 bits per heavy atom. The average molecular weight is 231 g/mol. The zero-order valence-electron chi connectivity index (χ0n) is 9.40. The zero-order valence-corrected chi connectivity index (χ0v) is 9.40. The third-order valence-electron chi connectivity index (χ3n) is 2.38. The van der Waals surface area contributed by atoms with Crippen molar-refractivity contribution in [3.05, 3.63) is 46.4 Å². The van der Waals surface area contributed by atoms with Crippen LogP contribution in [0.5, 0.6) is 5.75 Å². The molecule has 0 spiro atoms. The Morgan fingerprint density at radius 1 is 1.35 bits per heavy atom. The van der Waals surface area contributed by atoms with Crippen molar-refractivity contribution in [3.63, 3.8) is 0 Å². The Kier molecular flexibility index (Phi) is 3.20. The van der Waals surface area contributed by atoms with Crippen molar-refractivity contribution in [2.24, 2.45) is 0 Å². The van der Waals surface area contributed by atoms with Crippen molar-refractivity contribution < 1.29 is 5.11 Å². The van der Waals surface area contributed by atoms with Crippen LogP contribution in [0.1, 0.15) is 5.56 Å². The molecule has 0 amide bonds. The summed E-state index contributed by atoms with van der Waals surface area (Å²) in [4.78, 5) is 18.6. The highest BCUT2D eigenvalue weighted by molar-refractivity contribution is 5.55. The molecular weight excluding hydrogens is 218 g/mol. The number of hydrogen-bond acceptors (Lipinski definition) is 4. The molecule has 0 saturated carbocycles. The van der Waals surface area contributed by atoms with Gasteiger partial charge in [0, 0.05) is 23.9 Å². The van der Waals surface area contributed by atoms with E-state index in [4.69, 9.17) is 0 Å². The van der Waals surface area contributed by atoms with Crippen LogP contribution >= 0.6 is 0 Å². The van der Waals surface area contributed by atoms with Crippen LogP contribution in [-0.4, -0.2) is 22.1 Å². The van der Waals surface area contributed by atoms with Crippen LogP contribution in [-0.2, 0) is 6.54 Å². The lowest BCUT2D eigenvalue weighted by atomic mass is 10.2. The van der Waals surface area contributed by atoms with Gasteiger partial charge in [0.2, 0.25) is 0 Å². The Bertz CT molecular complexity index is 561. The van der Waals surface area contributed by atoms with E-state index < -0.39 is 0 Å². The Hall–Kier alpha value is -2.14.